The minimum absolute atomic E-state index is 0.259. The number of aliphatic imine (C=N–C) groups is 1. The van der Waals surface area contributed by atoms with Gasteiger partial charge in [0.2, 0.25) is 11.7 Å². The maximum atomic E-state index is 5.43. The molecule has 0 fully saturated rings. The van der Waals surface area contributed by atoms with E-state index in [-0.39, 0.29) is 6.54 Å². The highest BCUT2D eigenvalue weighted by atomic mass is 16.5. The average Bonchev–Trinajstić information content (AvgIpc) is 3.10. The summed E-state index contributed by atoms with van der Waals surface area (Å²) in [5.74, 6) is 1.01. The third-order valence-corrected chi connectivity index (χ3v) is 2.79. The van der Waals surface area contributed by atoms with E-state index in [0.717, 1.165) is 24.3 Å². The van der Waals surface area contributed by atoms with E-state index < -0.39 is 0 Å². The quantitative estimate of drug-likeness (QED) is 0.871. The molecule has 0 bridgehead atoms. The van der Waals surface area contributed by atoms with Crippen molar-refractivity contribution < 1.29 is 4.52 Å². The van der Waals surface area contributed by atoms with Gasteiger partial charge in [0.15, 0.2) is 0 Å². The Bertz CT molecular complexity index is 560. The Labute approximate surface area is 104 Å². The zero-order valence-corrected chi connectivity index (χ0v) is 9.78. The summed E-state index contributed by atoms with van der Waals surface area (Å²) in [5.41, 5.74) is 7.46. The van der Waals surface area contributed by atoms with Crippen LogP contribution in [-0.2, 0) is 6.54 Å². The van der Waals surface area contributed by atoms with Crippen LogP contribution in [0.5, 0.6) is 0 Å². The highest BCUT2D eigenvalue weighted by molar-refractivity contribution is 5.81. The van der Waals surface area contributed by atoms with Crippen LogP contribution in [0.1, 0.15) is 5.89 Å². The first-order valence-corrected chi connectivity index (χ1v) is 5.76. The Balaban J connectivity index is 1.83. The summed E-state index contributed by atoms with van der Waals surface area (Å²) in [5, 5.41) is 3.88. The molecule has 0 amide bonds. The number of benzene rings is 1. The van der Waals surface area contributed by atoms with Crippen molar-refractivity contribution in [1.82, 2.24) is 10.1 Å². The monoisotopic (exact) mass is 243 g/mol. The summed E-state index contributed by atoms with van der Waals surface area (Å²) in [4.78, 5) is 10.5. The van der Waals surface area contributed by atoms with Crippen LogP contribution in [0, 0.1) is 0 Å². The number of hydrogen-bond acceptors (Lipinski definition) is 6. The van der Waals surface area contributed by atoms with Crippen LogP contribution in [0.25, 0.3) is 11.4 Å². The zero-order chi connectivity index (χ0) is 12.4. The third-order valence-electron chi connectivity index (χ3n) is 2.79. The molecule has 0 unspecified atom stereocenters. The van der Waals surface area contributed by atoms with Gasteiger partial charge in [-0.1, -0.05) is 5.16 Å². The van der Waals surface area contributed by atoms with Crippen LogP contribution in [0.3, 0.4) is 0 Å². The number of nitrogens with two attached hydrogens (primary N) is 1. The van der Waals surface area contributed by atoms with Crippen molar-refractivity contribution in [2.24, 2.45) is 10.7 Å². The van der Waals surface area contributed by atoms with Crippen LogP contribution in [-0.4, -0.2) is 29.6 Å². The molecule has 92 valence electrons. The summed E-state index contributed by atoms with van der Waals surface area (Å²) in [7, 11) is 0. The molecule has 18 heavy (non-hydrogen) atoms. The van der Waals surface area contributed by atoms with Gasteiger partial charge in [-0.2, -0.15) is 4.98 Å². The van der Waals surface area contributed by atoms with Crippen LogP contribution in [0.4, 0.5) is 5.69 Å². The molecule has 0 saturated carbocycles. The first kappa shape index (κ1) is 10.9. The molecule has 1 aromatic carbocycles. The maximum absolute atomic E-state index is 5.43. The number of rotatable bonds is 3. The number of aromatic nitrogens is 2. The maximum Gasteiger partial charge on any atom is 0.240 e. The van der Waals surface area contributed by atoms with Crippen molar-refractivity contribution in [1.29, 1.82) is 0 Å². The largest absolute Gasteiger partial charge is 0.338 e. The standard InChI is InChI=1S/C12H13N5O/c13-7-11-15-12(16-18-11)9-1-3-10(4-2-9)17-6-5-14-8-17/h1-4,8H,5-7,13H2. The Hall–Kier alpha value is -2.21. The van der Waals surface area contributed by atoms with Gasteiger partial charge in [-0.3, -0.25) is 4.99 Å². The summed E-state index contributed by atoms with van der Waals surface area (Å²) in [6.07, 6.45) is 1.86. The minimum atomic E-state index is 0.259. The lowest BCUT2D eigenvalue weighted by Crippen LogP contribution is -2.17. The molecular formula is C12H13N5O. The molecule has 0 saturated heterocycles. The van der Waals surface area contributed by atoms with Gasteiger partial charge in [0.1, 0.15) is 0 Å². The van der Waals surface area contributed by atoms with Crippen LogP contribution >= 0.6 is 0 Å². The molecule has 3 rings (SSSR count). The van der Waals surface area contributed by atoms with E-state index in [4.69, 9.17) is 10.3 Å². The van der Waals surface area contributed by atoms with Crippen molar-refractivity contribution >= 4 is 12.0 Å². The molecule has 1 aliphatic rings. The van der Waals surface area contributed by atoms with Gasteiger partial charge in [0.25, 0.3) is 0 Å². The van der Waals surface area contributed by atoms with Crippen LogP contribution < -0.4 is 10.6 Å². The molecule has 0 aliphatic carbocycles. The van der Waals surface area contributed by atoms with Gasteiger partial charge >= 0.3 is 0 Å². The van der Waals surface area contributed by atoms with Crippen LogP contribution in [0.15, 0.2) is 33.8 Å². The Kier molecular flexibility index (Phi) is 2.77. The van der Waals surface area contributed by atoms with E-state index in [1.807, 2.05) is 30.6 Å². The van der Waals surface area contributed by atoms with E-state index in [2.05, 4.69) is 20.0 Å². The Morgan fingerprint density at radius 1 is 1.28 bits per heavy atom. The average molecular weight is 243 g/mol. The van der Waals surface area contributed by atoms with E-state index in [9.17, 15) is 0 Å². The highest BCUT2D eigenvalue weighted by Gasteiger charge is 2.10. The predicted octanol–water partition coefficient (Wildman–Crippen LogP) is 1.04. The molecule has 0 spiro atoms. The van der Waals surface area contributed by atoms with Gasteiger partial charge in [-0.25, -0.2) is 0 Å². The molecule has 1 aliphatic heterocycles. The fourth-order valence-electron chi connectivity index (χ4n) is 1.83. The number of anilines is 1. The van der Waals surface area contributed by atoms with E-state index >= 15 is 0 Å². The summed E-state index contributed by atoms with van der Waals surface area (Å²) in [6.45, 7) is 2.04. The highest BCUT2D eigenvalue weighted by Crippen LogP contribution is 2.21. The van der Waals surface area contributed by atoms with Crippen molar-refractivity contribution in [3.05, 3.63) is 30.2 Å². The molecule has 6 heteroatoms. The van der Waals surface area contributed by atoms with Gasteiger partial charge in [0, 0.05) is 17.8 Å². The second-order valence-electron chi connectivity index (χ2n) is 3.98. The molecule has 0 atom stereocenters. The second-order valence-corrected chi connectivity index (χ2v) is 3.98. The smallest absolute Gasteiger partial charge is 0.240 e. The fraction of sp³-hybridized carbons (Fsp3) is 0.250. The summed E-state index contributed by atoms with van der Waals surface area (Å²) >= 11 is 0. The molecular weight excluding hydrogens is 230 g/mol. The fourth-order valence-corrected chi connectivity index (χ4v) is 1.83. The van der Waals surface area contributed by atoms with Gasteiger partial charge in [0.05, 0.1) is 19.4 Å². The van der Waals surface area contributed by atoms with Crippen molar-refractivity contribution in [2.45, 2.75) is 6.54 Å². The minimum Gasteiger partial charge on any atom is -0.338 e. The normalized spacial score (nSPS) is 14.4. The SMILES string of the molecule is NCc1nc(-c2ccc(N3C=NCC3)cc2)no1. The lowest BCUT2D eigenvalue weighted by molar-refractivity contribution is 0.380. The van der Waals surface area contributed by atoms with E-state index in [0.29, 0.717) is 11.7 Å². The van der Waals surface area contributed by atoms with E-state index in [1.165, 1.54) is 0 Å². The molecule has 2 N–H and O–H groups in total. The van der Waals surface area contributed by atoms with Crippen molar-refractivity contribution in [2.75, 3.05) is 18.0 Å². The molecule has 0 radical (unpaired) electrons. The number of nitrogens with zero attached hydrogens (tertiary/aromatic N) is 4. The molecule has 2 aromatic rings. The predicted molar refractivity (Wildman–Crippen MR) is 68.3 cm³/mol. The summed E-state index contributed by atoms with van der Waals surface area (Å²) in [6, 6.07) is 7.97. The first-order chi connectivity index (χ1) is 8.86. The second kappa shape index (κ2) is 4.58. The van der Waals surface area contributed by atoms with Gasteiger partial charge < -0.3 is 15.2 Å². The first-order valence-electron chi connectivity index (χ1n) is 5.76. The Morgan fingerprint density at radius 2 is 2.11 bits per heavy atom. The van der Waals surface area contributed by atoms with E-state index in [1.54, 1.807) is 0 Å². The zero-order valence-electron chi connectivity index (χ0n) is 9.78. The summed E-state index contributed by atoms with van der Waals surface area (Å²) < 4.78 is 4.98. The van der Waals surface area contributed by atoms with Crippen LogP contribution in [0.2, 0.25) is 0 Å². The van der Waals surface area contributed by atoms with Crippen molar-refractivity contribution in [3.63, 3.8) is 0 Å². The topological polar surface area (TPSA) is 80.5 Å². The molecule has 1 aromatic heterocycles. The number of hydrogen-bond donors (Lipinski definition) is 1. The lowest BCUT2D eigenvalue weighted by atomic mass is 10.2. The van der Waals surface area contributed by atoms with Crippen molar-refractivity contribution in [3.8, 4) is 11.4 Å². The molecule has 2 heterocycles. The Morgan fingerprint density at radius 3 is 2.72 bits per heavy atom. The van der Waals surface area contributed by atoms with Gasteiger partial charge in [-0.05, 0) is 24.3 Å². The van der Waals surface area contributed by atoms with Gasteiger partial charge in [-0.15, -0.1) is 0 Å². The third kappa shape index (κ3) is 1.98. The lowest BCUT2D eigenvalue weighted by Gasteiger charge is -2.13. The molecule has 6 nitrogen and oxygen atoms in total.